The first-order valence-corrected chi connectivity index (χ1v) is 18.4. The second kappa shape index (κ2) is 19.5. The van der Waals surface area contributed by atoms with Gasteiger partial charge in [-0.05, 0) is 84.4 Å². The van der Waals surface area contributed by atoms with E-state index in [-0.39, 0.29) is 18.9 Å². The molecule has 0 spiro atoms. The number of hydrogen-bond donors (Lipinski definition) is 2. The highest BCUT2D eigenvalue weighted by molar-refractivity contribution is 7.98. The molecule has 0 bridgehead atoms. The highest BCUT2D eigenvalue weighted by atomic mass is 32.2. The highest BCUT2D eigenvalue weighted by Gasteiger charge is 2.38. The molecule has 0 saturated carbocycles. The van der Waals surface area contributed by atoms with E-state index in [2.05, 4.69) is 17.6 Å². The Morgan fingerprint density at radius 3 is 2.00 bits per heavy atom. The Bertz CT molecular complexity index is 1300. The third-order valence-electron chi connectivity index (χ3n) is 7.38. The predicted octanol–water partition coefficient (Wildman–Crippen LogP) is 7.16. The van der Waals surface area contributed by atoms with Crippen LogP contribution in [0.2, 0.25) is 0 Å². The van der Waals surface area contributed by atoms with Crippen molar-refractivity contribution in [2.24, 2.45) is 0 Å². The Morgan fingerprint density at radius 1 is 0.812 bits per heavy atom. The van der Waals surface area contributed by atoms with E-state index in [9.17, 15) is 19.2 Å². The lowest BCUT2D eigenvalue weighted by Gasteiger charge is -2.35. The van der Waals surface area contributed by atoms with E-state index in [4.69, 9.17) is 9.47 Å². The van der Waals surface area contributed by atoms with Gasteiger partial charge in [0.2, 0.25) is 11.8 Å². The average Bonchev–Trinajstić information content (AvgIpc) is 2.99. The largest absolute Gasteiger partial charge is 0.458 e. The Balaban J connectivity index is 2.61. The monoisotopic (exact) mass is 683 g/mol. The van der Waals surface area contributed by atoms with E-state index in [0.29, 0.717) is 24.2 Å². The number of rotatable bonds is 17. The summed E-state index contributed by atoms with van der Waals surface area (Å²) in [6.45, 7) is 15.0. The number of carbonyl (C=O) groups excluding carboxylic acids is 4. The first-order chi connectivity index (χ1) is 22.5. The van der Waals surface area contributed by atoms with Crippen LogP contribution in [0.15, 0.2) is 54.6 Å². The van der Waals surface area contributed by atoms with E-state index >= 15 is 0 Å². The van der Waals surface area contributed by atoms with E-state index < -0.39 is 47.3 Å². The molecule has 3 unspecified atom stereocenters. The number of alkyl carbamates (subject to hydrolysis) is 1. The van der Waals surface area contributed by atoms with Crippen molar-refractivity contribution in [1.29, 1.82) is 0 Å². The Kier molecular flexibility index (Phi) is 16.5. The van der Waals surface area contributed by atoms with Gasteiger partial charge in [-0.3, -0.25) is 9.59 Å². The minimum atomic E-state index is -1.07. The normalized spacial score (nSPS) is 13.5. The first kappa shape index (κ1) is 40.6. The van der Waals surface area contributed by atoms with E-state index in [0.717, 1.165) is 30.4 Å². The first-order valence-electron chi connectivity index (χ1n) is 17.0. The molecule has 0 saturated heterocycles. The Labute approximate surface area is 292 Å². The second-order valence-electron chi connectivity index (χ2n) is 14.2. The van der Waals surface area contributed by atoms with Crippen LogP contribution in [0.4, 0.5) is 4.79 Å². The Hall–Kier alpha value is -3.53. The van der Waals surface area contributed by atoms with Gasteiger partial charge in [0, 0.05) is 13.0 Å². The molecule has 0 radical (unpaired) electrons. The van der Waals surface area contributed by atoms with E-state index in [1.54, 1.807) is 58.2 Å². The van der Waals surface area contributed by atoms with Crippen molar-refractivity contribution >= 4 is 35.6 Å². The number of nitrogens with zero attached hydrogens (tertiary/aromatic N) is 1. The van der Waals surface area contributed by atoms with Crippen LogP contribution in [0, 0.1) is 6.92 Å². The van der Waals surface area contributed by atoms with Crippen molar-refractivity contribution in [3.05, 3.63) is 71.3 Å². The van der Waals surface area contributed by atoms with Gasteiger partial charge in [-0.25, -0.2) is 9.59 Å². The van der Waals surface area contributed by atoms with Crippen LogP contribution in [0.5, 0.6) is 0 Å². The van der Waals surface area contributed by atoms with Gasteiger partial charge in [0.25, 0.3) is 0 Å². The highest BCUT2D eigenvalue weighted by Crippen LogP contribution is 2.26. The molecule has 2 aromatic carbocycles. The molecule has 9 nitrogen and oxygen atoms in total. The van der Waals surface area contributed by atoms with Gasteiger partial charge in [-0.2, -0.15) is 11.8 Å². The quantitative estimate of drug-likeness (QED) is 0.134. The zero-order chi connectivity index (χ0) is 35.9. The van der Waals surface area contributed by atoms with Gasteiger partial charge < -0.3 is 25.0 Å². The van der Waals surface area contributed by atoms with E-state index in [1.807, 2.05) is 67.8 Å². The minimum Gasteiger partial charge on any atom is -0.458 e. The predicted molar refractivity (Wildman–Crippen MR) is 194 cm³/mol. The summed E-state index contributed by atoms with van der Waals surface area (Å²) in [5, 5.41) is 5.76. The standard InChI is InChI=1S/C38H57N3O6S/c1-10-11-12-16-24-41(34(43)30(23-25-48-9)40-36(45)47-38(6,7)8)32(29-21-19-27(2)20-22-29)33(42)39-31(35(44)46-37(3,4)5)26-28-17-14-13-15-18-28/h13-15,17-22,30-32H,10-12,16,23-26H2,1-9H3,(H,39,42)(H,40,45). The maximum atomic E-state index is 14.6. The van der Waals surface area contributed by atoms with Gasteiger partial charge >= 0.3 is 12.1 Å². The number of esters is 1. The summed E-state index contributed by atoms with van der Waals surface area (Å²) in [5.41, 5.74) is 0.930. The molecule has 2 aromatic rings. The summed E-state index contributed by atoms with van der Waals surface area (Å²) in [5.74, 6) is -0.846. The van der Waals surface area contributed by atoms with Crippen LogP contribution in [0.25, 0.3) is 0 Å². The number of nitrogens with one attached hydrogen (secondary N) is 2. The number of carbonyl (C=O) groups is 4. The lowest BCUT2D eigenvalue weighted by molar-refractivity contribution is -0.159. The number of thioether (sulfide) groups is 1. The summed E-state index contributed by atoms with van der Waals surface area (Å²) < 4.78 is 11.3. The third-order valence-corrected chi connectivity index (χ3v) is 8.02. The molecular formula is C38H57N3O6S. The van der Waals surface area contributed by atoms with Crippen molar-refractivity contribution in [3.63, 3.8) is 0 Å². The van der Waals surface area contributed by atoms with Gasteiger partial charge in [0.15, 0.2) is 0 Å². The fraction of sp³-hybridized carbons (Fsp3) is 0.579. The molecule has 2 N–H and O–H groups in total. The number of aryl methyl sites for hydroxylation is 1. The lowest BCUT2D eigenvalue weighted by atomic mass is 9.99. The van der Waals surface area contributed by atoms with Crippen LogP contribution >= 0.6 is 11.8 Å². The van der Waals surface area contributed by atoms with Crippen molar-refractivity contribution in [1.82, 2.24) is 15.5 Å². The summed E-state index contributed by atoms with van der Waals surface area (Å²) in [4.78, 5) is 57.2. The molecule has 266 valence electrons. The lowest BCUT2D eigenvalue weighted by Crippen LogP contribution is -2.55. The summed E-state index contributed by atoms with van der Waals surface area (Å²) in [6, 6.07) is 13.9. The fourth-order valence-electron chi connectivity index (χ4n) is 5.11. The summed E-state index contributed by atoms with van der Waals surface area (Å²) in [6.07, 6.45) is 5.31. The van der Waals surface area contributed by atoms with E-state index in [1.165, 1.54) is 0 Å². The van der Waals surface area contributed by atoms with Crippen LogP contribution in [-0.4, -0.2) is 70.6 Å². The number of amides is 3. The molecule has 48 heavy (non-hydrogen) atoms. The number of ether oxygens (including phenoxy) is 2. The molecule has 0 aliphatic heterocycles. The molecule has 10 heteroatoms. The average molecular weight is 684 g/mol. The number of hydrogen-bond acceptors (Lipinski definition) is 7. The molecule has 3 atom stereocenters. The van der Waals surface area contributed by atoms with Crippen LogP contribution in [0.1, 0.15) is 103 Å². The Morgan fingerprint density at radius 2 is 1.44 bits per heavy atom. The number of benzene rings is 2. The molecule has 0 aliphatic rings. The van der Waals surface area contributed by atoms with Crippen LogP contribution < -0.4 is 10.6 Å². The molecule has 2 rings (SSSR count). The van der Waals surface area contributed by atoms with Crippen LogP contribution in [0.3, 0.4) is 0 Å². The van der Waals surface area contributed by atoms with Crippen molar-refractivity contribution in [2.75, 3.05) is 18.6 Å². The summed E-state index contributed by atoms with van der Waals surface area (Å²) in [7, 11) is 0. The molecule has 0 fully saturated rings. The van der Waals surface area contributed by atoms with Gasteiger partial charge in [0.05, 0.1) is 0 Å². The zero-order valence-electron chi connectivity index (χ0n) is 30.4. The molecule has 0 aliphatic carbocycles. The van der Waals surface area contributed by atoms with Crippen molar-refractivity contribution in [2.45, 2.75) is 123 Å². The second-order valence-corrected chi connectivity index (χ2v) is 15.2. The van der Waals surface area contributed by atoms with Gasteiger partial charge in [-0.1, -0.05) is 86.3 Å². The maximum absolute atomic E-state index is 14.6. The molecular weight excluding hydrogens is 627 g/mol. The summed E-state index contributed by atoms with van der Waals surface area (Å²) >= 11 is 1.56. The fourth-order valence-corrected chi connectivity index (χ4v) is 5.58. The maximum Gasteiger partial charge on any atom is 0.408 e. The molecule has 3 amide bonds. The van der Waals surface area contributed by atoms with Crippen LogP contribution in [-0.2, 0) is 30.3 Å². The smallest absolute Gasteiger partial charge is 0.408 e. The van der Waals surface area contributed by atoms with Gasteiger partial charge in [0.1, 0.15) is 29.3 Å². The SMILES string of the molecule is CCCCCCN(C(=O)C(CCSC)NC(=O)OC(C)(C)C)C(C(=O)NC(Cc1ccccc1)C(=O)OC(C)(C)C)c1ccc(C)cc1. The zero-order valence-corrected chi connectivity index (χ0v) is 31.2. The minimum absolute atomic E-state index is 0.211. The molecule has 0 heterocycles. The van der Waals surface area contributed by atoms with Crippen molar-refractivity contribution in [3.8, 4) is 0 Å². The number of unbranched alkanes of at least 4 members (excludes halogenated alkanes) is 3. The van der Waals surface area contributed by atoms with Crippen molar-refractivity contribution < 1.29 is 28.7 Å². The molecule has 0 aromatic heterocycles. The topological polar surface area (TPSA) is 114 Å². The third kappa shape index (κ3) is 14.7. The van der Waals surface area contributed by atoms with Gasteiger partial charge in [-0.15, -0.1) is 0 Å².